The van der Waals surface area contributed by atoms with E-state index in [2.05, 4.69) is 14.7 Å². The summed E-state index contributed by atoms with van der Waals surface area (Å²) in [4.78, 5) is 15.1. The largest absolute Gasteiger partial charge is 0.480 e. The normalized spacial score (nSPS) is 12.8. The van der Waals surface area contributed by atoms with Crippen LogP contribution in [0.5, 0.6) is 0 Å². The molecule has 2 N–H and O–H groups in total. The zero-order valence-electron chi connectivity index (χ0n) is 9.02. The maximum Gasteiger partial charge on any atom is 0.326 e. The van der Waals surface area contributed by atoms with E-state index in [1.165, 1.54) is 11.5 Å². The molecular weight excluding hydrogens is 214 g/mol. The van der Waals surface area contributed by atoms with Gasteiger partial charge in [0.2, 0.25) is 5.13 Å². The number of carboxylic acid groups (broad SMARTS) is 1. The van der Waals surface area contributed by atoms with Crippen LogP contribution in [0, 0.1) is 5.92 Å². The van der Waals surface area contributed by atoms with E-state index in [0.29, 0.717) is 5.13 Å². The predicted octanol–water partition coefficient (Wildman–Crippen LogP) is 1.62. The highest BCUT2D eigenvalue weighted by molar-refractivity contribution is 7.09. The molecule has 0 saturated heterocycles. The Kier molecular flexibility index (Phi) is 4.02. The summed E-state index contributed by atoms with van der Waals surface area (Å²) in [5.41, 5.74) is 0. The van der Waals surface area contributed by atoms with Crippen molar-refractivity contribution < 1.29 is 9.90 Å². The Morgan fingerprint density at radius 3 is 2.67 bits per heavy atom. The predicted molar refractivity (Wildman–Crippen MR) is 59.2 cm³/mol. The lowest BCUT2D eigenvalue weighted by molar-refractivity contribution is -0.138. The third-order valence-corrected chi connectivity index (χ3v) is 2.68. The van der Waals surface area contributed by atoms with Gasteiger partial charge in [-0.25, -0.2) is 9.78 Å². The fourth-order valence-electron chi connectivity index (χ4n) is 1.10. The molecule has 0 aliphatic rings. The maximum absolute atomic E-state index is 10.9. The minimum Gasteiger partial charge on any atom is -0.480 e. The number of hydrogen-bond donors (Lipinski definition) is 2. The third-order valence-electron chi connectivity index (χ3n) is 2.00. The molecule has 1 aromatic heterocycles. The number of carbonyl (C=O) groups is 1. The van der Waals surface area contributed by atoms with Gasteiger partial charge in [0.25, 0.3) is 0 Å². The second kappa shape index (κ2) is 5.06. The van der Waals surface area contributed by atoms with Crippen molar-refractivity contribution in [2.45, 2.75) is 33.2 Å². The summed E-state index contributed by atoms with van der Waals surface area (Å²) < 4.78 is 4.08. The number of nitrogens with zero attached hydrogens (tertiary/aromatic N) is 2. The van der Waals surface area contributed by atoms with Crippen molar-refractivity contribution in [2.75, 3.05) is 5.32 Å². The highest BCUT2D eigenvalue weighted by atomic mass is 32.1. The molecule has 1 unspecified atom stereocenters. The SMILES string of the molecule is CCc1nsc(NC(C(=O)O)C(C)C)n1. The quantitative estimate of drug-likeness (QED) is 0.802. The van der Waals surface area contributed by atoms with Crippen LogP contribution in [-0.2, 0) is 11.2 Å². The van der Waals surface area contributed by atoms with Gasteiger partial charge in [0, 0.05) is 18.0 Å². The van der Waals surface area contributed by atoms with Crippen LogP contribution < -0.4 is 5.32 Å². The molecule has 0 radical (unpaired) electrons. The number of aromatic nitrogens is 2. The van der Waals surface area contributed by atoms with Gasteiger partial charge in [-0.1, -0.05) is 20.8 Å². The number of carboxylic acids is 1. The third kappa shape index (κ3) is 3.16. The zero-order chi connectivity index (χ0) is 11.4. The van der Waals surface area contributed by atoms with Crippen molar-refractivity contribution in [3.8, 4) is 0 Å². The molecule has 0 saturated carbocycles. The van der Waals surface area contributed by atoms with Crippen molar-refractivity contribution in [3.05, 3.63) is 5.82 Å². The fraction of sp³-hybridized carbons (Fsp3) is 0.667. The standard InChI is InChI=1S/C9H15N3O2S/c1-4-6-10-9(15-12-6)11-7(5(2)3)8(13)14/h5,7H,4H2,1-3H3,(H,13,14)(H,10,11,12). The minimum absolute atomic E-state index is 0.0106. The molecule has 1 atom stereocenters. The van der Waals surface area contributed by atoms with Crippen LogP contribution in [0.4, 0.5) is 5.13 Å². The molecule has 1 aromatic rings. The first-order chi connectivity index (χ1) is 7.04. The summed E-state index contributed by atoms with van der Waals surface area (Å²) in [6.07, 6.45) is 0.762. The molecule has 0 aliphatic heterocycles. The second-order valence-electron chi connectivity index (χ2n) is 3.57. The number of hydrogen-bond acceptors (Lipinski definition) is 5. The Bertz CT molecular complexity index is 338. The van der Waals surface area contributed by atoms with Gasteiger partial charge < -0.3 is 10.4 Å². The summed E-state index contributed by atoms with van der Waals surface area (Å²) in [7, 11) is 0. The van der Waals surface area contributed by atoms with Crippen molar-refractivity contribution in [3.63, 3.8) is 0 Å². The van der Waals surface area contributed by atoms with Crippen molar-refractivity contribution >= 4 is 22.6 Å². The highest BCUT2D eigenvalue weighted by Gasteiger charge is 2.22. The van der Waals surface area contributed by atoms with Gasteiger partial charge in [-0.3, -0.25) is 0 Å². The van der Waals surface area contributed by atoms with Crippen LogP contribution in [-0.4, -0.2) is 26.5 Å². The molecule has 0 amide bonds. The Morgan fingerprint density at radius 2 is 2.27 bits per heavy atom. The lowest BCUT2D eigenvalue weighted by atomic mass is 10.1. The first kappa shape index (κ1) is 11.9. The summed E-state index contributed by atoms with van der Waals surface area (Å²) in [6, 6.07) is -0.609. The first-order valence-corrected chi connectivity index (χ1v) is 5.63. The van der Waals surface area contributed by atoms with Gasteiger partial charge in [-0.15, -0.1) is 0 Å². The summed E-state index contributed by atoms with van der Waals surface area (Å²) in [5, 5.41) is 12.4. The zero-order valence-corrected chi connectivity index (χ0v) is 9.84. The van der Waals surface area contributed by atoms with Crippen LogP contribution >= 0.6 is 11.5 Å². The topological polar surface area (TPSA) is 75.1 Å². The van der Waals surface area contributed by atoms with E-state index in [1.807, 2.05) is 20.8 Å². The molecule has 0 fully saturated rings. The van der Waals surface area contributed by atoms with Gasteiger partial charge in [-0.2, -0.15) is 4.37 Å². The van der Waals surface area contributed by atoms with Gasteiger partial charge in [0.05, 0.1) is 0 Å². The molecule has 0 aromatic carbocycles. The van der Waals surface area contributed by atoms with Gasteiger partial charge in [-0.05, 0) is 5.92 Å². The first-order valence-electron chi connectivity index (χ1n) is 4.86. The van der Waals surface area contributed by atoms with E-state index < -0.39 is 12.0 Å². The van der Waals surface area contributed by atoms with E-state index in [0.717, 1.165) is 12.2 Å². The van der Waals surface area contributed by atoms with Gasteiger partial charge >= 0.3 is 5.97 Å². The molecule has 0 aliphatic carbocycles. The Hall–Kier alpha value is -1.17. The smallest absolute Gasteiger partial charge is 0.326 e. The number of rotatable bonds is 5. The van der Waals surface area contributed by atoms with E-state index in [4.69, 9.17) is 5.11 Å². The van der Waals surface area contributed by atoms with Crippen molar-refractivity contribution in [1.29, 1.82) is 0 Å². The fourth-order valence-corrected chi connectivity index (χ4v) is 1.79. The lowest BCUT2D eigenvalue weighted by Gasteiger charge is -2.16. The van der Waals surface area contributed by atoms with Crippen LogP contribution in [0.25, 0.3) is 0 Å². The summed E-state index contributed by atoms with van der Waals surface area (Å²) >= 11 is 1.20. The molecule has 5 nitrogen and oxygen atoms in total. The number of aliphatic carboxylic acids is 1. The van der Waals surface area contributed by atoms with Crippen LogP contribution in [0.2, 0.25) is 0 Å². The van der Waals surface area contributed by atoms with Crippen LogP contribution in [0.3, 0.4) is 0 Å². The van der Waals surface area contributed by atoms with Crippen LogP contribution in [0.1, 0.15) is 26.6 Å². The number of aryl methyl sites for hydroxylation is 1. The minimum atomic E-state index is -0.863. The van der Waals surface area contributed by atoms with E-state index in [-0.39, 0.29) is 5.92 Å². The summed E-state index contributed by atoms with van der Waals surface area (Å²) in [5.74, 6) is -0.106. The Labute approximate surface area is 92.7 Å². The Morgan fingerprint density at radius 1 is 1.60 bits per heavy atom. The average Bonchev–Trinajstić information content (AvgIpc) is 2.60. The van der Waals surface area contributed by atoms with Crippen LogP contribution in [0.15, 0.2) is 0 Å². The van der Waals surface area contributed by atoms with Gasteiger partial charge in [0.1, 0.15) is 11.9 Å². The second-order valence-corrected chi connectivity index (χ2v) is 4.33. The molecule has 1 rings (SSSR count). The molecule has 15 heavy (non-hydrogen) atoms. The Balaban J connectivity index is 2.69. The van der Waals surface area contributed by atoms with Gasteiger partial charge in [0.15, 0.2) is 0 Å². The molecule has 0 spiro atoms. The maximum atomic E-state index is 10.9. The molecule has 6 heteroatoms. The average molecular weight is 229 g/mol. The van der Waals surface area contributed by atoms with E-state index in [9.17, 15) is 4.79 Å². The molecular formula is C9H15N3O2S. The lowest BCUT2D eigenvalue weighted by Crippen LogP contribution is -2.34. The van der Waals surface area contributed by atoms with Crippen molar-refractivity contribution in [1.82, 2.24) is 9.36 Å². The highest BCUT2D eigenvalue weighted by Crippen LogP contribution is 2.15. The molecule has 0 bridgehead atoms. The van der Waals surface area contributed by atoms with E-state index in [1.54, 1.807) is 0 Å². The summed E-state index contributed by atoms with van der Waals surface area (Å²) in [6.45, 7) is 5.67. The van der Waals surface area contributed by atoms with E-state index >= 15 is 0 Å². The monoisotopic (exact) mass is 229 g/mol. The number of anilines is 1. The molecule has 1 heterocycles. The number of nitrogens with one attached hydrogen (secondary N) is 1. The van der Waals surface area contributed by atoms with Crippen molar-refractivity contribution in [2.24, 2.45) is 5.92 Å². The molecule has 84 valence electrons.